The molecule has 1 aromatic carbocycles. The second-order valence-electron chi connectivity index (χ2n) is 2.61. The van der Waals surface area contributed by atoms with Crippen LogP contribution in [0.25, 0.3) is 0 Å². The van der Waals surface area contributed by atoms with Gasteiger partial charge < -0.3 is 10.5 Å². The third-order valence-electron chi connectivity index (χ3n) is 1.78. The van der Waals surface area contributed by atoms with Crippen LogP contribution in [-0.4, -0.2) is 7.11 Å². The van der Waals surface area contributed by atoms with Crippen LogP contribution in [-0.2, 0) is 6.54 Å². The first-order chi connectivity index (χ1) is 6.31. The van der Waals surface area contributed by atoms with Crippen molar-refractivity contribution in [2.75, 3.05) is 7.11 Å². The molecule has 0 aromatic heterocycles. The third-order valence-corrected chi connectivity index (χ3v) is 1.78. The fourth-order valence-electron chi connectivity index (χ4n) is 1.14. The zero-order chi connectivity index (χ0) is 9.68. The maximum absolute atomic E-state index is 5.53. The van der Waals surface area contributed by atoms with E-state index in [0.29, 0.717) is 6.54 Å². The van der Waals surface area contributed by atoms with Crippen molar-refractivity contribution in [3.8, 4) is 17.6 Å². The van der Waals surface area contributed by atoms with Gasteiger partial charge in [0, 0.05) is 17.7 Å². The Morgan fingerprint density at radius 2 is 2.23 bits per heavy atom. The largest absolute Gasteiger partial charge is 0.496 e. The lowest BCUT2D eigenvalue weighted by atomic mass is 10.1. The molecule has 0 fully saturated rings. The molecule has 1 aromatic rings. The van der Waals surface area contributed by atoms with Crippen molar-refractivity contribution in [2.45, 2.75) is 13.5 Å². The summed E-state index contributed by atoms with van der Waals surface area (Å²) < 4.78 is 5.18. The molecule has 0 aliphatic heterocycles. The lowest BCUT2D eigenvalue weighted by Crippen LogP contribution is -1.99. The summed E-state index contributed by atoms with van der Waals surface area (Å²) >= 11 is 0. The zero-order valence-electron chi connectivity index (χ0n) is 7.92. The highest BCUT2D eigenvalue weighted by Gasteiger charge is 2.00. The van der Waals surface area contributed by atoms with E-state index in [4.69, 9.17) is 10.5 Å². The molecule has 0 spiro atoms. The minimum atomic E-state index is 0.489. The molecule has 0 unspecified atom stereocenters. The van der Waals surface area contributed by atoms with Gasteiger partial charge in [-0.3, -0.25) is 0 Å². The molecule has 2 N–H and O–H groups in total. The molecule has 0 aliphatic rings. The summed E-state index contributed by atoms with van der Waals surface area (Å²) in [5, 5.41) is 0. The van der Waals surface area contributed by atoms with Crippen LogP contribution in [0.5, 0.6) is 5.75 Å². The first-order valence-electron chi connectivity index (χ1n) is 4.11. The normalized spacial score (nSPS) is 8.85. The van der Waals surface area contributed by atoms with Gasteiger partial charge in [-0.05, 0) is 19.1 Å². The molecule has 0 saturated carbocycles. The molecule has 1 rings (SSSR count). The molecule has 0 atom stereocenters. The molecular weight excluding hydrogens is 162 g/mol. The standard InChI is InChI=1S/C11H13NO/c1-3-4-9-5-6-10(8-12)11(7-9)13-2/h5-7H,8,12H2,1-2H3. The van der Waals surface area contributed by atoms with Gasteiger partial charge in [0.1, 0.15) is 5.75 Å². The van der Waals surface area contributed by atoms with E-state index in [1.165, 1.54) is 0 Å². The first-order valence-corrected chi connectivity index (χ1v) is 4.11. The summed E-state index contributed by atoms with van der Waals surface area (Å²) in [7, 11) is 1.64. The minimum absolute atomic E-state index is 0.489. The Hall–Kier alpha value is -1.46. The van der Waals surface area contributed by atoms with E-state index in [1.54, 1.807) is 7.11 Å². The van der Waals surface area contributed by atoms with Crippen LogP contribution in [0.2, 0.25) is 0 Å². The van der Waals surface area contributed by atoms with Gasteiger partial charge in [0.05, 0.1) is 7.11 Å². The summed E-state index contributed by atoms with van der Waals surface area (Å²) in [6.45, 7) is 2.30. The third kappa shape index (κ3) is 2.24. The van der Waals surface area contributed by atoms with Gasteiger partial charge in [-0.25, -0.2) is 0 Å². The number of hydrogen-bond donors (Lipinski definition) is 1. The van der Waals surface area contributed by atoms with Crippen molar-refractivity contribution in [3.63, 3.8) is 0 Å². The van der Waals surface area contributed by atoms with Crippen LogP contribution < -0.4 is 10.5 Å². The molecule has 2 heteroatoms. The highest BCUT2D eigenvalue weighted by molar-refractivity contribution is 5.44. The van der Waals surface area contributed by atoms with Crippen molar-refractivity contribution in [1.29, 1.82) is 0 Å². The number of ether oxygens (including phenoxy) is 1. The van der Waals surface area contributed by atoms with Crippen molar-refractivity contribution in [2.24, 2.45) is 5.73 Å². The number of methoxy groups -OCH3 is 1. The Balaban J connectivity index is 3.10. The van der Waals surface area contributed by atoms with Gasteiger partial charge in [-0.2, -0.15) is 0 Å². The molecule has 0 saturated heterocycles. The number of rotatable bonds is 2. The molecule has 0 bridgehead atoms. The molecule has 0 heterocycles. The van der Waals surface area contributed by atoms with Crippen LogP contribution in [0.3, 0.4) is 0 Å². The Labute approximate surface area is 78.7 Å². The van der Waals surface area contributed by atoms with Crippen LogP contribution in [0, 0.1) is 11.8 Å². The van der Waals surface area contributed by atoms with Gasteiger partial charge in [-0.15, -0.1) is 5.92 Å². The van der Waals surface area contributed by atoms with Crippen molar-refractivity contribution >= 4 is 0 Å². The van der Waals surface area contributed by atoms with Gasteiger partial charge in [0.2, 0.25) is 0 Å². The Bertz CT molecular complexity index is 347. The van der Waals surface area contributed by atoms with E-state index < -0.39 is 0 Å². The van der Waals surface area contributed by atoms with Crippen LogP contribution in [0.4, 0.5) is 0 Å². The Morgan fingerprint density at radius 3 is 2.77 bits per heavy atom. The maximum Gasteiger partial charge on any atom is 0.124 e. The molecule has 0 aliphatic carbocycles. The quantitative estimate of drug-likeness (QED) is 0.692. The topological polar surface area (TPSA) is 35.2 Å². The summed E-state index contributed by atoms with van der Waals surface area (Å²) in [6, 6.07) is 5.79. The zero-order valence-corrected chi connectivity index (χ0v) is 7.92. The van der Waals surface area contributed by atoms with E-state index in [1.807, 2.05) is 25.1 Å². The van der Waals surface area contributed by atoms with Gasteiger partial charge in [0.25, 0.3) is 0 Å². The SMILES string of the molecule is CC#Cc1ccc(CN)c(OC)c1. The lowest BCUT2D eigenvalue weighted by Gasteiger charge is -2.06. The summed E-state index contributed by atoms with van der Waals surface area (Å²) in [5.74, 6) is 6.61. The molecule has 0 amide bonds. The summed E-state index contributed by atoms with van der Waals surface area (Å²) in [6.07, 6.45) is 0. The van der Waals surface area contributed by atoms with Crippen molar-refractivity contribution < 1.29 is 4.74 Å². The fourth-order valence-corrected chi connectivity index (χ4v) is 1.14. The predicted molar refractivity (Wildman–Crippen MR) is 53.4 cm³/mol. The lowest BCUT2D eigenvalue weighted by molar-refractivity contribution is 0.409. The maximum atomic E-state index is 5.53. The average Bonchev–Trinajstić information content (AvgIpc) is 2.18. The van der Waals surface area contributed by atoms with E-state index in [-0.39, 0.29) is 0 Å². The van der Waals surface area contributed by atoms with Crippen LogP contribution >= 0.6 is 0 Å². The van der Waals surface area contributed by atoms with Gasteiger partial charge >= 0.3 is 0 Å². The minimum Gasteiger partial charge on any atom is -0.496 e. The smallest absolute Gasteiger partial charge is 0.124 e. The second kappa shape index (κ2) is 4.54. The van der Waals surface area contributed by atoms with E-state index in [9.17, 15) is 0 Å². The van der Waals surface area contributed by atoms with E-state index in [2.05, 4.69) is 11.8 Å². The highest BCUT2D eigenvalue weighted by Crippen LogP contribution is 2.18. The fraction of sp³-hybridized carbons (Fsp3) is 0.273. The Kier molecular flexibility index (Phi) is 3.36. The monoisotopic (exact) mass is 175 g/mol. The second-order valence-corrected chi connectivity index (χ2v) is 2.61. The van der Waals surface area contributed by atoms with E-state index >= 15 is 0 Å². The van der Waals surface area contributed by atoms with Gasteiger partial charge in [-0.1, -0.05) is 12.0 Å². The predicted octanol–water partition coefficient (Wildman–Crippen LogP) is 1.53. The van der Waals surface area contributed by atoms with E-state index in [0.717, 1.165) is 16.9 Å². The van der Waals surface area contributed by atoms with Crippen LogP contribution in [0.1, 0.15) is 18.1 Å². The molecule has 0 radical (unpaired) electrons. The number of benzene rings is 1. The van der Waals surface area contributed by atoms with Crippen LogP contribution in [0.15, 0.2) is 18.2 Å². The average molecular weight is 175 g/mol. The molecular formula is C11H13NO. The van der Waals surface area contributed by atoms with Crippen molar-refractivity contribution in [3.05, 3.63) is 29.3 Å². The summed E-state index contributed by atoms with van der Waals surface area (Å²) in [4.78, 5) is 0. The molecule has 68 valence electrons. The van der Waals surface area contributed by atoms with Gasteiger partial charge in [0.15, 0.2) is 0 Å². The highest BCUT2D eigenvalue weighted by atomic mass is 16.5. The number of nitrogens with two attached hydrogens (primary N) is 1. The summed E-state index contributed by atoms with van der Waals surface area (Å²) in [5.41, 5.74) is 7.49. The van der Waals surface area contributed by atoms with Crippen molar-refractivity contribution in [1.82, 2.24) is 0 Å². The molecule has 2 nitrogen and oxygen atoms in total. The Morgan fingerprint density at radius 1 is 1.46 bits per heavy atom. The first kappa shape index (κ1) is 9.63. The molecule has 13 heavy (non-hydrogen) atoms. The number of hydrogen-bond acceptors (Lipinski definition) is 2.